The zero-order valence-corrected chi connectivity index (χ0v) is 25.7. The molecule has 0 fully saturated rings. The number of thiazole rings is 2. The molecule has 4 nitrogen and oxygen atoms in total. The number of nitrogens with zero attached hydrogens (tertiary/aromatic N) is 2. The molecule has 8 heteroatoms. The predicted octanol–water partition coefficient (Wildman–Crippen LogP) is 11.1. The van der Waals surface area contributed by atoms with Gasteiger partial charge < -0.3 is 10.6 Å². The van der Waals surface area contributed by atoms with Crippen LogP contribution in [0.2, 0.25) is 0 Å². The molecule has 6 rings (SSSR count). The van der Waals surface area contributed by atoms with Crippen molar-refractivity contribution in [3.63, 3.8) is 0 Å². The molecule has 0 aliphatic rings. The summed E-state index contributed by atoms with van der Waals surface area (Å²) >= 11 is 3.45. The molecule has 0 atom stereocenters. The number of aromatic nitrogens is 2. The summed E-state index contributed by atoms with van der Waals surface area (Å²) in [5.74, 6) is 0. The second-order valence-corrected chi connectivity index (χ2v) is 14.3. The van der Waals surface area contributed by atoms with Gasteiger partial charge in [0.05, 0.1) is 20.4 Å². The van der Waals surface area contributed by atoms with Gasteiger partial charge in [-0.2, -0.15) is 0 Å². The van der Waals surface area contributed by atoms with Gasteiger partial charge in [-0.1, -0.05) is 51.0 Å². The minimum absolute atomic E-state index is 1.03. The average molecular weight is 599 g/mol. The molecule has 2 N–H and O–H groups in total. The molecule has 0 aliphatic carbocycles. The summed E-state index contributed by atoms with van der Waals surface area (Å²) in [5, 5.41) is 7.06. The quantitative estimate of drug-likeness (QED) is 0.145. The standard InChI is InChI=1S/C32H30N4S4/c1-3-5-21-7-11-23(12-8-21)33-25-15-17-27-29(19-25)37-31(35-27)39-40-32-36-28-18-16-26(20-30(28)38-32)34-24-13-9-22(6-4-2)10-14-24/h7-20,33-34H,3-6H2,1-2H3. The van der Waals surface area contributed by atoms with Crippen molar-refractivity contribution in [3.8, 4) is 0 Å². The lowest BCUT2D eigenvalue weighted by Gasteiger charge is -2.07. The molecule has 0 radical (unpaired) electrons. The van der Waals surface area contributed by atoms with Crippen LogP contribution in [0.4, 0.5) is 22.7 Å². The number of nitrogens with one attached hydrogen (secondary N) is 2. The first kappa shape index (κ1) is 27.1. The van der Waals surface area contributed by atoms with Crippen LogP contribution in [0.15, 0.2) is 93.6 Å². The van der Waals surface area contributed by atoms with Gasteiger partial charge in [-0.15, -0.1) is 22.7 Å². The van der Waals surface area contributed by atoms with Gasteiger partial charge in [-0.3, -0.25) is 0 Å². The van der Waals surface area contributed by atoms with E-state index in [1.54, 1.807) is 44.3 Å². The summed E-state index contributed by atoms with van der Waals surface area (Å²) in [6.07, 6.45) is 4.57. The Balaban J connectivity index is 1.09. The molecular weight excluding hydrogens is 569 g/mol. The lowest BCUT2D eigenvalue weighted by Crippen LogP contribution is -1.90. The number of hydrogen-bond acceptors (Lipinski definition) is 8. The first-order valence-electron chi connectivity index (χ1n) is 13.5. The fraction of sp³-hybridized carbons (Fsp3) is 0.188. The van der Waals surface area contributed by atoms with Crippen molar-refractivity contribution in [3.05, 3.63) is 96.1 Å². The van der Waals surface area contributed by atoms with Crippen LogP contribution in [-0.2, 0) is 12.8 Å². The highest BCUT2D eigenvalue weighted by atomic mass is 33.1. The molecule has 0 saturated heterocycles. The number of aryl methyl sites for hydroxylation is 2. The molecule has 202 valence electrons. The minimum atomic E-state index is 1.03. The summed E-state index contributed by atoms with van der Waals surface area (Å²) in [6.45, 7) is 4.42. The number of fused-ring (bicyclic) bond motifs is 2. The maximum atomic E-state index is 4.84. The van der Waals surface area contributed by atoms with E-state index in [0.29, 0.717) is 0 Å². The van der Waals surface area contributed by atoms with E-state index >= 15 is 0 Å². The Kier molecular flexibility index (Phi) is 8.58. The van der Waals surface area contributed by atoms with Crippen molar-refractivity contribution >= 4 is 87.4 Å². The second kappa shape index (κ2) is 12.6. The van der Waals surface area contributed by atoms with Gasteiger partial charge in [0, 0.05) is 22.7 Å². The zero-order chi connectivity index (χ0) is 27.3. The molecule has 4 aromatic carbocycles. The summed E-state index contributed by atoms with van der Waals surface area (Å²) in [7, 11) is 3.36. The van der Waals surface area contributed by atoms with Crippen LogP contribution in [0.1, 0.15) is 37.8 Å². The maximum Gasteiger partial charge on any atom is 0.162 e. The Bertz CT molecular complexity index is 1590. The van der Waals surface area contributed by atoms with Gasteiger partial charge in [0.1, 0.15) is 0 Å². The van der Waals surface area contributed by atoms with Crippen LogP contribution in [0, 0.1) is 0 Å². The molecule has 0 amide bonds. The Morgan fingerprint density at radius 2 is 0.950 bits per heavy atom. The highest BCUT2D eigenvalue weighted by Crippen LogP contribution is 2.44. The van der Waals surface area contributed by atoms with Crippen molar-refractivity contribution in [1.82, 2.24) is 9.97 Å². The van der Waals surface area contributed by atoms with Gasteiger partial charge in [0.15, 0.2) is 8.68 Å². The van der Waals surface area contributed by atoms with Crippen LogP contribution < -0.4 is 10.6 Å². The van der Waals surface area contributed by atoms with Crippen LogP contribution in [0.5, 0.6) is 0 Å². The van der Waals surface area contributed by atoms with E-state index in [2.05, 4.69) is 109 Å². The third-order valence-corrected chi connectivity index (χ3v) is 11.5. The summed E-state index contributed by atoms with van der Waals surface area (Å²) in [6, 6.07) is 30.2. The molecule has 2 aromatic heterocycles. The topological polar surface area (TPSA) is 49.8 Å². The minimum Gasteiger partial charge on any atom is -0.355 e. The fourth-order valence-electron chi connectivity index (χ4n) is 4.53. The molecular formula is C32H30N4S4. The van der Waals surface area contributed by atoms with Crippen LogP contribution in [0.3, 0.4) is 0 Å². The van der Waals surface area contributed by atoms with Gasteiger partial charge >= 0.3 is 0 Å². The molecule has 40 heavy (non-hydrogen) atoms. The van der Waals surface area contributed by atoms with Crippen LogP contribution in [0.25, 0.3) is 20.4 Å². The molecule has 0 unspecified atom stereocenters. The Hall–Kier alpha value is -3.04. The van der Waals surface area contributed by atoms with E-state index in [4.69, 9.17) is 9.97 Å². The van der Waals surface area contributed by atoms with Crippen molar-refractivity contribution in [2.24, 2.45) is 0 Å². The van der Waals surface area contributed by atoms with Crippen LogP contribution in [-0.4, -0.2) is 9.97 Å². The Labute approximate surface area is 251 Å². The molecule has 0 saturated carbocycles. The lowest BCUT2D eigenvalue weighted by molar-refractivity contribution is 0.922. The van der Waals surface area contributed by atoms with Gasteiger partial charge in [-0.25, -0.2) is 9.97 Å². The SMILES string of the molecule is CCCc1ccc(Nc2ccc3nc(SSc4nc5ccc(Nc6ccc(CCC)cc6)cc5s4)sc3c2)cc1. The monoisotopic (exact) mass is 598 g/mol. The first-order chi connectivity index (χ1) is 19.6. The normalized spacial score (nSPS) is 11.3. The maximum absolute atomic E-state index is 4.84. The predicted molar refractivity (Wildman–Crippen MR) is 178 cm³/mol. The number of rotatable bonds is 11. The van der Waals surface area contributed by atoms with Crippen molar-refractivity contribution in [2.75, 3.05) is 10.6 Å². The van der Waals surface area contributed by atoms with Gasteiger partial charge in [0.25, 0.3) is 0 Å². The van der Waals surface area contributed by atoms with Crippen molar-refractivity contribution < 1.29 is 0 Å². The Morgan fingerprint density at radius 3 is 1.35 bits per heavy atom. The van der Waals surface area contributed by atoms with E-state index < -0.39 is 0 Å². The summed E-state index contributed by atoms with van der Waals surface area (Å²) in [4.78, 5) is 9.68. The summed E-state index contributed by atoms with van der Waals surface area (Å²) < 4.78 is 4.43. The number of anilines is 4. The zero-order valence-electron chi connectivity index (χ0n) is 22.4. The van der Waals surface area contributed by atoms with E-state index in [1.165, 1.54) is 33.4 Å². The van der Waals surface area contributed by atoms with Crippen LogP contribution >= 0.6 is 44.3 Å². The lowest BCUT2D eigenvalue weighted by atomic mass is 10.1. The molecule has 2 heterocycles. The number of benzene rings is 4. The third-order valence-electron chi connectivity index (χ3n) is 6.48. The largest absolute Gasteiger partial charge is 0.355 e. The van der Waals surface area contributed by atoms with Crippen molar-refractivity contribution in [1.29, 1.82) is 0 Å². The van der Waals surface area contributed by atoms with E-state index in [9.17, 15) is 0 Å². The highest BCUT2D eigenvalue weighted by Gasteiger charge is 2.11. The Morgan fingerprint density at radius 1 is 0.550 bits per heavy atom. The fourth-order valence-corrected chi connectivity index (χ4v) is 9.10. The molecule has 0 aliphatic heterocycles. The second-order valence-electron chi connectivity index (χ2n) is 9.64. The number of hydrogen-bond donors (Lipinski definition) is 2. The molecule has 6 aromatic rings. The van der Waals surface area contributed by atoms with Crippen molar-refractivity contribution in [2.45, 2.75) is 48.2 Å². The average Bonchev–Trinajstić information content (AvgIpc) is 3.57. The summed E-state index contributed by atoms with van der Waals surface area (Å²) in [5.41, 5.74) is 9.18. The van der Waals surface area contributed by atoms with Gasteiger partial charge in [0.2, 0.25) is 0 Å². The first-order valence-corrected chi connectivity index (χ1v) is 17.3. The highest BCUT2D eigenvalue weighted by molar-refractivity contribution is 8.77. The third kappa shape index (κ3) is 6.63. The van der Waals surface area contributed by atoms with Gasteiger partial charge in [-0.05, 0) is 106 Å². The van der Waals surface area contributed by atoms with E-state index in [-0.39, 0.29) is 0 Å². The van der Waals surface area contributed by atoms with E-state index in [0.717, 1.165) is 55.3 Å². The molecule has 0 bridgehead atoms. The smallest absolute Gasteiger partial charge is 0.162 e. The van der Waals surface area contributed by atoms with E-state index in [1.807, 2.05) is 0 Å². The molecule has 0 spiro atoms.